The molecule has 2 aromatic rings. The van der Waals surface area contributed by atoms with E-state index in [1.165, 1.54) is 0 Å². The van der Waals surface area contributed by atoms with Crippen LogP contribution in [-0.2, 0) is 9.59 Å². The number of carbonyl (C=O) groups excluding carboxylic acids is 2. The van der Waals surface area contributed by atoms with Gasteiger partial charge in [0.15, 0.2) is 0 Å². The summed E-state index contributed by atoms with van der Waals surface area (Å²) in [6, 6.07) is 14.7. The number of benzene rings is 2. The van der Waals surface area contributed by atoms with Crippen LogP contribution in [0, 0.1) is 0 Å². The molecule has 2 N–H and O–H groups in total. The van der Waals surface area contributed by atoms with E-state index in [9.17, 15) is 19.8 Å². The van der Waals surface area contributed by atoms with Gasteiger partial charge in [-0.05, 0) is 17.7 Å². The minimum absolute atomic E-state index is 0.0254. The molecule has 3 rings (SSSR count). The van der Waals surface area contributed by atoms with E-state index in [1.807, 2.05) is 0 Å². The average Bonchev–Trinajstić information content (AvgIpc) is 2.86. The second-order valence-corrected chi connectivity index (χ2v) is 6.24. The Morgan fingerprint density at radius 2 is 1.67 bits per heavy atom. The zero-order valence-corrected chi connectivity index (χ0v) is 14.1. The Morgan fingerprint density at radius 1 is 1.04 bits per heavy atom. The summed E-state index contributed by atoms with van der Waals surface area (Å²) in [6.45, 7) is -0.614. The second kappa shape index (κ2) is 6.59. The number of aliphatic hydroxyl groups excluding tert-OH is 2. The zero-order valence-electron chi connectivity index (χ0n) is 12.5. The fraction of sp³-hybridized carbons (Fsp3) is 0.111. The molecule has 24 heavy (non-hydrogen) atoms. The van der Waals surface area contributed by atoms with Crippen molar-refractivity contribution in [1.82, 2.24) is 4.90 Å². The molecule has 0 saturated carbocycles. The van der Waals surface area contributed by atoms with Crippen molar-refractivity contribution in [2.75, 3.05) is 6.73 Å². The van der Waals surface area contributed by atoms with Crippen LogP contribution in [0.25, 0.3) is 5.76 Å². The summed E-state index contributed by atoms with van der Waals surface area (Å²) in [4.78, 5) is 25.6. The standard InChI is InChI=1S/C18H14BrNO4/c19-13-8-6-11(7-9-13)15-14(17(23)18(24)20(15)10-21)16(22)12-4-2-1-3-5-12/h1-9,15,21-22H,10H2. The number of rotatable bonds is 3. The van der Waals surface area contributed by atoms with Gasteiger partial charge in [-0.1, -0.05) is 58.4 Å². The fourth-order valence-electron chi connectivity index (χ4n) is 2.77. The SMILES string of the molecule is O=C1C(=O)N(CO)C(c2ccc(Br)cc2)C1=C(O)c1ccccc1. The molecule has 1 saturated heterocycles. The van der Waals surface area contributed by atoms with Gasteiger partial charge in [-0.2, -0.15) is 0 Å². The third-order valence-corrected chi connectivity index (χ3v) is 4.45. The van der Waals surface area contributed by atoms with Crippen molar-refractivity contribution in [3.05, 3.63) is 75.8 Å². The topological polar surface area (TPSA) is 77.8 Å². The molecule has 1 fully saturated rings. The van der Waals surface area contributed by atoms with Crippen molar-refractivity contribution in [1.29, 1.82) is 0 Å². The molecule has 0 aromatic heterocycles. The van der Waals surface area contributed by atoms with Gasteiger partial charge in [0.2, 0.25) is 0 Å². The number of aliphatic hydroxyl groups is 2. The Labute approximate surface area is 147 Å². The molecule has 122 valence electrons. The van der Waals surface area contributed by atoms with E-state index in [0.717, 1.165) is 9.37 Å². The van der Waals surface area contributed by atoms with Gasteiger partial charge in [0.25, 0.3) is 11.7 Å². The molecule has 6 heteroatoms. The predicted molar refractivity (Wildman–Crippen MR) is 91.8 cm³/mol. The Hall–Kier alpha value is -2.44. The van der Waals surface area contributed by atoms with Gasteiger partial charge < -0.3 is 15.1 Å². The first-order valence-corrected chi connectivity index (χ1v) is 8.04. The van der Waals surface area contributed by atoms with Crippen molar-refractivity contribution in [3.63, 3.8) is 0 Å². The molecule has 1 aliphatic rings. The smallest absolute Gasteiger partial charge is 0.297 e. The molecule has 1 atom stereocenters. The van der Waals surface area contributed by atoms with Gasteiger partial charge in [0, 0.05) is 10.0 Å². The van der Waals surface area contributed by atoms with Crippen LogP contribution in [-0.4, -0.2) is 33.5 Å². The van der Waals surface area contributed by atoms with E-state index >= 15 is 0 Å². The first-order chi connectivity index (χ1) is 11.5. The molecule has 1 aliphatic heterocycles. The van der Waals surface area contributed by atoms with Crippen LogP contribution in [0.15, 0.2) is 64.6 Å². The van der Waals surface area contributed by atoms with Crippen molar-refractivity contribution in [2.45, 2.75) is 6.04 Å². The first kappa shape index (κ1) is 16.4. The zero-order chi connectivity index (χ0) is 17.3. The van der Waals surface area contributed by atoms with Gasteiger partial charge in [-0.15, -0.1) is 0 Å². The first-order valence-electron chi connectivity index (χ1n) is 7.24. The third kappa shape index (κ3) is 2.74. The van der Waals surface area contributed by atoms with Crippen molar-refractivity contribution in [3.8, 4) is 0 Å². The normalized spacial score (nSPS) is 19.8. The van der Waals surface area contributed by atoms with E-state index < -0.39 is 24.5 Å². The van der Waals surface area contributed by atoms with Crippen molar-refractivity contribution >= 4 is 33.4 Å². The Bertz CT molecular complexity index is 815. The van der Waals surface area contributed by atoms with Gasteiger partial charge in [0.1, 0.15) is 12.5 Å². The molecule has 0 radical (unpaired) electrons. The van der Waals surface area contributed by atoms with Gasteiger partial charge in [-0.3, -0.25) is 9.59 Å². The highest BCUT2D eigenvalue weighted by Crippen LogP contribution is 2.39. The maximum atomic E-state index is 12.4. The van der Waals surface area contributed by atoms with E-state index in [0.29, 0.717) is 11.1 Å². The summed E-state index contributed by atoms with van der Waals surface area (Å²) in [5.41, 5.74) is 1.04. The summed E-state index contributed by atoms with van der Waals surface area (Å²) in [6.07, 6.45) is 0. The summed E-state index contributed by atoms with van der Waals surface area (Å²) >= 11 is 3.33. The number of nitrogens with zero attached hydrogens (tertiary/aromatic N) is 1. The van der Waals surface area contributed by atoms with Crippen LogP contribution >= 0.6 is 15.9 Å². The number of ketones is 1. The summed E-state index contributed by atoms with van der Waals surface area (Å²) in [5, 5.41) is 20.1. The molecule has 1 heterocycles. The number of hydrogen-bond donors (Lipinski definition) is 2. The van der Waals surface area contributed by atoms with Crippen LogP contribution in [0.4, 0.5) is 0 Å². The van der Waals surface area contributed by atoms with Crippen LogP contribution in [0.2, 0.25) is 0 Å². The maximum absolute atomic E-state index is 12.4. The monoisotopic (exact) mass is 387 g/mol. The molecular formula is C18H14BrNO4. The van der Waals surface area contributed by atoms with Crippen LogP contribution in [0.1, 0.15) is 17.2 Å². The molecule has 5 nitrogen and oxygen atoms in total. The minimum Gasteiger partial charge on any atom is -0.507 e. The van der Waals surface area contributed by atoms with E-state index in [-0.39, 0.29) is 11.3 Å². The molecule has 1 unspecified atom stereocenters. The van der Waals surface area contributed by atoms with Gasteiger partial charge >= 0.3 is 0 Å². The molecule has 0 spiro atoms. The lowest BCUT2D eigenvalue weighted by Gasteiger charge is -2.23. The highest BCUT2D eigenvalue weighted by Gasteiger charge is 2.45. The lowest BCUT2D eigenvalue weighted by molar-refractivity contribution is -0.142. The molecule has 0 aliphatic carbocycles. The van der Waals surface area contributed by atoms with Gasteiger partial charge in [0.05, 0.1) is 11.6 Å². The number of Topliss-reactive ketones (excluding diaryl/α,β-unsaturated/α-hetero) is 1. The van der Waals surface area contributed by atoms with Crippen LogP contribution < -0.4 is 0 Å². The summed E-state index contributed by atoms with van der Waals surface area (Å²) < 4.78 is 0.843. The van der Waals surface area contributed by atoms with E-state index in [4.69, 9.17) is 0 Å². The predicted octanol–water partition coefficient (Wildman–Crippen LogP) is 2.82. The Morgan fingerprint density at radius 3 is 2.25 bits per heavy atom. The maximum Gasteiger partial charge on any atom is 0.297 e. The number of hydrogen-bond acceptors (Lipinski definition) is 4. The number of halogens is 1. The minimum atomic E-state index is -0.831. The lowest BCUT2D eigenvalue weighted by atomic mass is 9.95. The van der Waals surface area contributed by atoms with Gasteiger partial charge in [-0.25, -0.2) is 0 Å². The molecular weight excluding hydrogens is 374 g/mol. The number of amides is 1. The molecule has 2 aromatic carbocycles. The lowest BCUT2D eigenvalue weighted by Crippen LogP contribution is -2.30. The Kier molecular flexibility index (Phi) is 4.51. The quantitative estimate of drug-likeness (QED) is 0.482. The third-order valence-electron chi connectivity index (χ3n) is 3.93. The van der Waals surface area contributed by atoms with E-state index in [2.05, 4.69) is 15.9 Å². The summed E-state index contributed by atoms with van der Waals surface area (Å²) in [5.74, 6) is -1.89. The van der Waals surface area contributed by atoms with E-state index in [1.54, 1.807) is 54.6 Å². The average molecular weight is 388 g/mol. The molecule has 1 amide bonds. The number of carbonyl (C=O) groups is 2. The van der Waals surface area contributed by atoms with Crippen molar-refractivity contribution in [2.24, 2.45) is 0 Å². The summed E-state index contributed by atoms with van der Waals surface area (Å²) in [7, 11) is 0. The largest absolute Gasteiger partial charge is 0.507 e. The fourth-order valence-corrected chi connectivity index (χ4v) is 3.03. The number of likely N-dealkylation sites (tertiary alicyclic amines) is 1. The van der Waals surface area contributed by atoms with Crippen LogP contribution in [0.3, 0.4) is 0 Å². The molecule has 0 bridgehead atoms. The van der Waals surface area contributed by atoms with Crippen molar-refractivity contribution < 1.29 is 19.8 Å². The van der Waals surface area contributed by atoms with Crippen LogP contribution in [0.5, 0.6) is 0 Å². The Balaban J connectivity index is 2.19. The highest BCUT2D eigenvalue weighted by atomic mass is 79.9. The second-order valence-electron chi connectivity index (χ2n) is 5.33. The highest BCUT2D eigenvalue weighted by molar-refractivity contribution is 9.10.